The lowest BCUT2D eigenvalue weighted by atomic mass is 10.2. The lowest BCUT2D eigenvalue weighted by molar-refractivity contribution is 1.04. The normalized spacial score (nSPS) is 10.9. The summed E-state index contributed by atoms with van der Waals surface area (Å²) < 4.78 is 0. The summed E-state index contributed by atoms with van der Waals surface area (Å²) in [5, 5.41) is 18.5. The smallest absolute Gasteiger partial charge is 0.0881 e. The van der Waals surface area contributed by atoms with Crippen molar-refractivity contribution in [3.05, 3.63) is 41.9 Å². The number of anilines is 1. The van der Waals surface area contributed by atoms with Crippen LogP contribution < -0.4 is 5.32 Å². The number of aromatic nitrogens is 4. The predicted molar refractivity (Wildman–Crippen MR) is 66.7 cm³/mol. The third-order valence-electron chi connectivity index (χ3n) is 2.88. The van der Waals surface area contributed by atoms with Gasteiger partial charge in [-0.05, 0) is 13.0 Å². The summed E-state index contributed by atoms with van der Waals surface area (Å²) in [7, 11) is 0. The van der Waals surface area contributed by atoms with Crippen LogP contribution in [0, 0.1) is 6.92 Å². The molecule has 0 unspecified atom stereocenters. The van der Waals surface area contributed by atoms with Crippen molar-refractivity contribution in [3.63, 3.8) is 0 Å². The molecule has 0 fully saturated rings. The minimum atomic E-state index is 0.750. The fourth-order valence-corrected chi connectivity index (χ4v) is 1.86. The van der Waals surface area contributed by atoms with Crippen molar-refractivity contribution < 1.29 is 0 Å². The van der Waals surface area contributed by atoms with Crippen LogP contribution in [0.3, 0.4) is 0 Å². The zero-order valence-corrected chi connectivity index (χ0v) is 9.49. The fourth-order valence-electron chi connectivity index (χ4n) is 1.86. The molecule has 0 aliphatic rings. The maximum atomic E-state index is 4.04. The molecule has 0 aliphatic heterocycles. The second-order valence-electron chi connectivity index (χ2n) is 4.01. The highest BCUT2D eigenvalue weighted by Crippen LogP contribution is 2.21. The second kappa shape index (κ2) is 3.93. The molecule has 86 valence electrons. The average Bonchev–Trinajstić information content (AvgIpc) is 2.95. The van der Waals surface area contributed by atoms with Gasteiger partial charge in [-0.25, -0.2) is 0 Å². The van der Waals surface area contributed by atoms with E-state index in [0.29, 0.717) is 0 Å². The van der Waals surface area contributed by atoms with E-state index in [1.165, 1.54) is 5.56 Å². The first-order chi connectivity index (χ1) is 8.34. The molecular weight excluding hydrogens is 214 g/mol. The van der Waals surface area contributed by atoms with E-state index in [-0.39, 0.29) is 0 Å². The highest BCUT2D eigenvalue weighted by Gasteiger charge is 2.04. The zero-order valence-electron chi connectivity index (χ0n) is 9.49. The highest BCUT2D eigenvalue weighted by atomic mass is 15.1. The van der Waals surface area contributed by atoms with Crippen LogP contribution in [-0.4, -0.2) is 20.4 Å². The van der Waals surface area contributed by atoms with E-state index in [4.69, 9.17) is 0 Å². The molecule has 0 saturated carbocycles. The highest BCUT2D eigenvalue weighted by molar-refractivity contribution is 5.89. The Bertz CT molecular complexity index is 637. The first-order valence-corrected chi connectivity index (χ1v) is 5.49. The summed E-state index contributed by atoms with van der Waals surface area (Å²) in [5.74, 6) is 0. The lowest BCUT2D eigenvalue weighted by Gasteiger charge is -2.06. The Morgan fingerprint density at radius 2 is 2.06 bits per heavy atom. The van der Waals surface area contributed by atoms with Crippen molar-refractivity contribution >= 4 is 16.6 Å². The molecule has 3 aromatic rings. The Morgan fingerprint density at radius 3 is 2.88 bits per heavy atom. The summed E-state index contributed by atoms with van der Waals surface area (Å²) >= 11 is 0. The number of nitrogens with zero attached hydrogens (tertiary/aromatic N) is 2. The summed E-state index contributed by atoms with van der Waals surface area (Å²) in [5.41, 5.74) is 4.35. The quantitative estimate of drug-likeness (QED) is 0.642. The lowest BCUT2D eigenvalue weighted by Crippen LogP contribution is -2.00. The second-order valence-corrected chi connectivity index (χ2v) is 4.01. The zero-order chi connectivity index (χ0) is 11.7. The standard InChI is InChI=1S/C12H13N5/c1-8-10(7-14-16-8)5-13-11-4-2-3-9-6-15-17-12(9)11/h2-4,6-7,13H,5H2,1H3,(H,14,16)(H,15,17). The Labute approximate surface area is 98.2 Å². The van der Waals surface area contributed by atoms with Crippen LogP contribution in [0.1, 0.15) is 11.3 Å². The number of nitrogens with one attached hydrogen (secondary N) is 3. The van der Waals surface area contributed by atoms with Gasteiger partial charge in [0.05, 0.1) is 23.6 Å². The molecule has 0 saturated heterocycles. The topological polar surface area (TPSA) is 69.4 Å². The van der Waals surface area contributed by atoms with Gasteiger partial charge in [0, 0.05) is 23.2 Å². The van der Waals surface area contributed by atoms with E-state index in [1.807, 2.05) is 37.5 Å². The van der Waals surface area contributed by atoms with Crippen LogP contribution in [0.15, 0.2) is 30.6 Å². The fraction of sp³-hybridized carbons (Fsp3) is 0.167. The molecule has 0 atom stereocenters. The number of hydrogen-bond acceptors (Lipinski definition) is 3. The molecule has 0 radical (unpaired) electrons. The Hall–Kier alpha value is -2.30. The van der Waals surface area contributed by atoms with Gasteiger partial charge in [0.1, 0.15) is 0 Å². The average molecular weight is 227 g/mol. The van der Waals surface area contributed by atoms with Crippen molar-refractivity contribution in [1.82, 2.24) is 20.4 Å². The molecule has 2 aromatic heterocycles. The number of benzene rings is 1. The SMILES string of the molecule is Cc1[nH]ncc1CNc1cccc2cn[nH]c12. The van der Waals surface area contributed by atoms with Crippen molar-refractivity contribution in [1.29, 1.82) is 0 Å². The summed E-state index contributed by atoms with van der Waals surface area (Å²) in [6, 6.07) is 6.09. The maximum Gasteiger partial charge on any atom is 0.0881 e. The maximum absolute atomic E-state index is 4.04. The van der Waals surface area contributed by atoms with Gasteiger partial charge in [0.25, 0.3) is 0 Å². The van der Waals surface area contributed by atoms with Gasteiger partial charge in [-0.3, -0.25) is 10.2 Å². The van der Waals surface area contributed by atoms with Crippen LogP contribution in [0.4, 0.5) is 5.69 Å². The predicted octanol–water partition coefficient (Wildman–Crippen LogP) is 2.21. The molecule has 17 heavy (non-hydrogen) atoms. The number of aromatic amines is 2. The molecule has 0 spiro atoms. The number of hydrogen-bond donors (Lipinski definition) is 3. The van der Waals surface area contributed by atoms with Gasteiger partial charge in [0.15, 0.2) is 0 Å². The van der Waals surface area contributed by atoms with E-state index in [1.54, 1.807) is 0 Å². The molecule has 0 aliphatic carbocycles. The third-order valence-corrected chi connectivity index (χ3v) is 2.88. The molecule has 0 amide bonds. The van der Waals surface area contributed by atoms with Crippen LogP contribution in [0.25, 0.3) is 10.9 Å². The Balaban J connectivity index is 1.86. The van der Waals surface area contributed by atoms with E-state index in [9.17, 15) is 0 Å². The summed E-state index contributed by atoms with van der Waals surface area (Å²) in [6.45, 7) is 2.77. The molecule has 3 N–H and O–H groups in total. The number of rotatable bonds is 3. The third kappa shape index (κ3) is 1.75. The number of para-hydroxylation sites is 1. The largest absolute Gasteiger partial charge is 0.379 e. The van der Waals surface area contributed by atoms with E-state index >= 15 is 0 Å². The van der Waals surface area contributed by atoms with Crippen LogP contribution >= 0.6 is 0 Å². The molecule has 5 heteroatoms. The number of fused-ring (bicyclic) bond motifs is 1. The van der Waals surface area contributed by atoms with Gasteiger partial charge in [-0.1, -0.05) is 12.1 Å². The van der Waals surface area contributed by atoms with Crippen LogP contribution in [0.5, 0.6) is 0 Å². The first kappa shape index (κ1) is 9.89. The summed E-state index contributed by atoms with van der Waals surface area (Å²) in [6.07, 6.45) is 3.67. The first-order valence-electron chi connectivity index (χ1n) is 5.49. The van der Waals surface area contributed by atoms with Gasteiger partial charge in [-0.15, -0.1) is 0 Å². The minimum Gasteiger partial charge on any atom is -0.379 e. The Kier molecular flexibility index (Phi) is 2.29. The van der Waals surface area contributed by atoms with Gasteiger partial charge >= 0.3 is 0 Å². The van der Waals surface area contributed by atoms with Gasteiger partial charge in [-0.2, -0.15) is 10.2 Å². The molecule has 1 aromatic carbocycles. The Morgan fingerprint density at radius 1 is 1.18 bits per heavy atom. The molecule has 2 heterocycles. The van der Waals surface area contributed by atoms with Crippen LogP contribution in [0.2, 0.25) is 0 Å². The molecular formula is C12H13N5. The van der Waals surface area contributed by atoms with E-state index < -0.39 is 0 Å². The van der Waals surface area contributed by atoms with Crippen LogP contribution in [-0.2, 0) is 6.54 Å². The molecule has 3 rings (SSSR count). The monoisotopic (exact) mass is 227 g/mol. The van der Waals surface area contributed by atoms with Crippen molar-refractivity contribution in [2.45, 2.75) is 13.5 Å². The van der Waals surface area contributed by atoms with Crippen molar-refractivity contribution in [3.8, 4) is 0 Å². The molecule has 5 nitrogen and oxygen atoms in total. The minimum absolute atomic E-state index is 0.750. The number of aryl methyl sites for hydroxylation is 1. The summed E-state index contributed by atoms with van der Waals surface area (Å²) in [4.78, 5) is 0. The van der Waals surface area contributed by atoms with E-state index in [0.717, 1.165) is 28.8 Å². The molecule has 0 bridgehead atoms. The van der Waals surface area contributed by atoms with Crippen molar-refractivity contribution in [2.75, 3.05) is 5.32 Å². The van der Waals surface area contributed by atoms with Gasteiger partial charge < -0.3 is 5.32 Å². The number of H-pyrrole nitrogens is 2. The van der Waals surface area contributed by atoms with E-state index in [2.05, 4.69) is 25.7 Å². The van der Waals surface area contributed by atoms with Crippen molar-refractivity contribution in [2.24, 2.45) is 0 Å². The van der Waals surface area contributed by atoms with Gasteiger partial charge in [0.2, 0.25) is 0 Å².